The van der Waals surface area contributed by atoms with E-state index in [2.05, 4.69) is 4.18 Å². The summed E-state index contributed by atoms with van der Waals surface area (Å²) >= 11 is 0. The molecule has 2 N–H and O–H groups in total. The molecule has 0 bridgehead atoms. The van der Waals surface area contributed by atoms with E-state index in [1.807, 2.05) is 6.07 Å². The number of hydrogen-bond acceptors (Lipinski definition) is 5. The molecular weight excluding hydrogens is 254 g/mol. The molecule has 1 atom stereocenters. The second kappa shape index (κ2) is 6.32. The third-order valence-electron chi connectivity index (χ3n) is 2.17. The molecule has 0 heterocycles. The summed E-state index contributed by atoms with van der Waals surface area (Å²) in [7, 11) is -4.04. The van der Waals surface area contributed by atoms with Gasteiger partial charge in [-0.2, -0.15) is 8.42 Å². The van der Waals surface area contributed by atoms with Crippen molar-refractivity contribution < 1.29 is 17.4 Å². The van der Waals surface area contributed by atoms with Gasteiger partial charge in [0.1, 0.15) is 6.04 Å². The molecule has 0 aliphatic heterocycles. The van der Waals surface area contributed by atoms with Crippen LogP contribution >= 0.6 is 0 Å². The van der Waals surface area contributed by atoms with E-state index in [1.165, 1.54) is 6.08 Å². The number of hydrogen-bond donors (Lipinski definition) is 1. The van der Waals surface area contributed by atoms with Gasteiger partial charge in [-0.25, -0.2) is 4.79 Å². The van der Waals surface area contributed by atoms with Crippen molar-refractivity contribution in [1.82, 2.24) is 0 Å². The van der Waals surface area contributed by atoms with Gasteiger partial charge in [-0.15, -0.1) is 0 Å². The summed E-state index contributed by atoms with van der Waals surface area (Å²) in [5.41, 5.74) is 6.06. The second-order valence-corrected chi connectivity index (χ2v) is 5.05. The normalized spacial score (nSPS) is 13.4. The first-order valence-electron chi connectivity index (χ1n) is 5.41. The zero-order valence-corrected chi connectivity index (χ0v) is 10.8. The molecule has 0 spiro atoms. The Morgan fingerprint density at radius 2 is 2.00 bits per heavy atom. The molecule has 1 rings (SSSR count). The lowest BCUT2D eigenvalue weighted by Gasteiger charge is -2.06. The highest BCUT2D eigenvalue weighted by molar-refractivity contribution is 7.90. The highest BCUT2D eigenvalue weighted by atomic mass is 32.2. The van der Waals surface area contributed by atoms with Crippen molar-refractivity contribution in [2.24, 2.45) is 5.73 Å². The largest absolute Gasteiger partial charge is 0.341 e. The predicted molar refractivity (Wildman–Crippen MR) is 68.8 cm³/mol. The Bertz CT molecular complexity index is 522. The molecule has 0 radical (unpaired) electrons. The van der Waals surface area contributed by atoms with Crippen LogP contribution in [0.25, 0.3) is 6.08 Å². The first-order valence-corrected chi connectivity index (χ1v) is 6.89. The highest BCUT2D eigenvalue weighted by Gasteiger charge is 2.19. The van der Waals surface area contributed by atoms with Gasteiger partial charge >= 0.3 is 16.1 Å². The highest BCUT2D eigenvalue weighted by Crippen LogP contribution is 2.06. The fraction of sp³-hybridized carbons (Fsp3) is 0.250. The van der Waals surface area contributed by atoms with Crippen LogP contribution in [0.4, 0.5) is 0 Å². The van der Waals surface area contributed by atoms with Crippen molar-refractivity contribution in [2.45, 2.75) is 19.4 Å². The number of carbonyl (C=O) groups excluding carboxylic acids is 1. The van der Waals surface area contributed by atoms with Gasteiger partial charge in [0.2, 0.25) is 0 Å². The van der Waals surface area contributed by atoms with Crippen LogP contribution in [0.5, 0.6) is 0 Å². The van der Waals surface area contributed by atoms with Crippen molar-refractivity contribution >= 4 is 22.2 Å². The van der Waals surface area contributed by atoms with E-state index < -0.39 is 22.1 Å². The molecule has 1 aromatic rings. The fourth-order valence-corrected chi connectivity index (χ4v) is 1.83. The Hall–Kier alpha value is -1.66. The maximum absolute atomic E-state index is 11.4. The fourth-order valence-electron chi connectivity index (χ4n) is 1.10. The minimum atomic E-state index is -4.04. The summed E-state index contributed by atoms with van der Waals surface area (Å²) in [5, 5.41) is 0.836. The van der Waals surface area contributed by atoms with Crippen LogP contribution in [-0.4, -0.2) is 20.4 Å². The maximum Gasteiger partial charge on any atom is 0.339 e. The molecule has 0 aliphatic rings. The zero-order chi connectivity index (χ0) is 13.6. The number of nitrogens with two attached hydrogens (primary N) is 1. The van der Waals surface area contributed by atoms with Crippen LogP contribution < -0.4 is 5.73 Å². The van der Waals surface area contributed by atoms with E-state index in [0.29, 0.717) is 12.0 Å². The molecule has 1 unspecified atom stereocenters. The van der Waals surface area contributed by atoms with Gasteiger partial charge in [0, 0.05) is 0 Å². The zero-order valence-electron chi connectivity index (χ0n) is 9.94. The lowest BCUT2D eigenvalue weighted by Crippen LogP contribution is -2.32. The van der Waals surface area contributed by atoms with Crippen molar-refractivity contribution in [2.75, 3.05) is 0 Å². The lowest BCUT2D eigenvalue weighted by molar-refractivity contribution is -0.135. The topological polar surface area (TPSA) is 86.5 Å². The van der Waals surface area contributed by atoms with Gasteiger partial charge in [-0.05, 0) is 18.1 Å². The van der Waals surface area contributed by atoms with E-state index in [4.69, 9.17) is 5.73 Å². The van der Waals surface area contributed by atoms with Gasteiger partial charge in [0.15, 0.2) is 0 Å². The van der Waals surface area contributed by atoms with Crippen LogP contribution in [0.2, 0.25) is 0 Å². The van der Waals surface area contributed by atoms with E-state index in [-0.39, 0.29) is 0 Å². The molecule has 98 valence electrons. The average Bonchev–Trinajstić information content (AvgIpc) is 2.36. The first-order chi connectivity index (χ1) is 8.44. The van der Waals surface area contributed by atoms with Crippen LogP contribution in [0.3, 0.4) is 0 Å². The molecule has 1 aromatic carbocycles. The Morgan fingerprint density at radius 1 is 1.39 bits per heavy atom. The molecular formula is C12H15NO4S. The van der Waals surface area contributed by atoms with E-state index in [0.717, 1.165) is 5.41 Å². The Balaban J connectivity index is 2.71. The number of carbonyl (C=O) groups is 1. The molecule has 6 heteroatoms. The standard InChI is InChI=1S/C12H15NO4S/c1-2-11(13)12(14)17-18(15,16)9-8-10-6-4-3-5-7-10/h3-9,11H,2,13H2,1H3/b9-8+. The third kappa shape index (κ3) is 4.68. The van der Waals surface area contributed by atoms with Crippen LogP contribution in [-0.2, 0) is 19.1 Å². The van der Waals surface area contributed by atoms with Crippen molar-refractivity contribution in [3.05, 3.63) is 41.3 Å². The van der Waals surface area contributed by atoms with Crippen LogP contribution in [0, 0.1) is 0 Å². The molecule has 0 saturated carbocycles. The molecule has 0 aromatic heterocycles. The lowest BCUT2D eigenvalue weighted by atomic mass is 10.2. The predicted octanol–water partition coefficient (Wildman–Crippen LogP) is 1.27. The molecule has 0 saturated heterocycles. The number of rotatable bonds is 5. The summed E-state index contributed by atoms with van der Waals surface area (Å²) in [4.78, 5) is 11.2. The van der Waals surface area contributed by atoms with Gasteiger partial charge in [0.05, 0.1) is 5.41 Å². The van der Waals surface area contributed by atoms with E-state index in [1.54, 1.807) is 31.2 Å². The monoisotopic (exact) mass is 269 g/mol. The summed E-state index contributed by atoms with van der Waals surface area (Å²) in [6.07, 6.45) is 1.66. The molecule has 0 amide bonds. The Kier molecular flexibility index (Phi) is 5.06. The minimum Gasteiger partial charge on any atom is -0.341 e. The molecule has 0 fully saturated rings. The van der Waals surface area contributed by atoms with Gasteiger partial charge in [-0.3, -0.25) is 0 Å². The van der Waals surface area contributed by atoms with Crippen molar-refractivity contribution in [3.8, 4) is 0 Å². The summed E-state index contributed by atoms with van der Waals surface area (Å²) < 4.78 is 27.2. The Morgan fingerprint density at radius 3 is 2.56 bits per heavy atom. The molecule has 18 heavy (non-hydrogen) atoms. The average molecular weight is 269 g/mol. The SMILES string of the molecule is CCC(N)C(=O)OS(=O)(=O)/C=C/c1ccccc1. The van der Waals surface area contributed by atoms with Crippen LogP contribution in [0.15, 0.2) is 35.7 Å². The van der Waals surface area contributed by atoms with E-state index >= 15 is 0 Å². The Labute approximate surface area is 106 Å². The summed E-state index contributed by atoms with van der Waals surface area (Å²) in [6, 6.07) is 7.88. The smallest absolute Gasteiger partial charge is 0.339 e. The number of benzene rings is 1. The maximum atomic E-state index is 11.4. The quantitative estimate of drug-likeness (QED) is 0.813. The van der Waals surface area contributed by atoms with E-state index in [9.17, 15) is 13.2 Å². The van der Waals surface area contributed by atoms with Gasteiger partial charge < -0.3 is 9.92 Å². The second-order valence-electron chi connectivity index (χ2n) is 3.62. The first kappa shape index (κ1) is 14.4. The molecule has 0 aliphatic carbocycles. The van der Waals surface area contributed by atoms with Gasteiger partial charge in [-0.1, -0.05) is 37.3 Å². The van der Waals surface area contributed by atoms with Crippen LogP contribution in [0.1, 0.15) is 18.9 Å². The van der Waals surface area contributed by atoms with Gasteiger partial charge in [0.25, 0.3) is 0 Å². The summed E-state index contributed by atoms with van der Waals surface area (Å²) in [5.74, 6) is -0.949. The van der Waals surface area contributed by atoms with Crippen molar-refractivity contribution in [1.29, 1.82) is 0 Å². The van der Waals surface area contributed by atoms with Crippen molar-refractivity contribution in [3.63, 3.8) is 0 Å². The third-order valence-corrected chi connectivity index (χ3v) is 3.03. The molecule has 5 nitrogen and oxygen atoms in total. The summed E-state index contributed by atoms with van der Waals surface area (Å²) in [6.45, 7) is 1.67. The minimum absolute atomic E-state index is 0.316.